The van der Waals surface area contributed by atoms with E-state index in [1.807, 2.05) is 18.2 Å². The summed E-state index contributed by atoms with van der Waals surface area (Å²) in [5, 5.41) is 0.653. The van der Waals surface area contributed by atoms with Crippen molar-refractivity contribution in [3.05, 3.63) is 34.9 Å². The molecule has 1 fully saturated rings. The summed E-state index contributed by atoms with van der Waals surface area (Å²) in [5.41, 5.74) is 0.780. The Kier molecular flexibility index (Phi) is 4.22. The zero-order chi connectivity index (χ0) is 12.3. The van der Waals surface area contributed by atoms with Crippen LogP contribution in [0.1, 0.15) is 49.4 Å². The number of ketones is 1. The van der Waals surface area contributed by atoms with E-state index >= 15 is 0 Å². The number of rotatable bonds is 3. The van der Waals surface area contributed by atoms with E-state index in [9.17, 15) is 4.79 Å². The second-order valence-electron chi connectivity index (χ2n) is 4.93. The first-order valence-corrected chi connectivity index (χ1v) is 6.90. The van der Waals surface area contributed by atoms with E-state index < -0.39 is 0 Å². The molecule has 1 saturated carbocycles. The van der Waals surface area contributed by atoms with Gasteiger partial charge in [0, 0.05) is 16.5 Å². The Morgan fingerprint density at radius 3 is 2.82 bits per heavy atom. The van der Waals surface area contributed by atoms with Crippen LogP contribution < -0.4 is 0 Å². The molecule has 0 saturated heterocycles. The van der Waals surface area contributed by atoms with Crippen molar-refractivity contribution in [3.63, 3.8) is 0 Å². The summed E-state index contributed by atoms with van der Waals surface area (Å²) in [7, 11) is 0. The molecular weight excluding hydrogens is 232 g/mol. The zero-order valence-corrected chi connectivity index (χ0v) is 11.0. The Morgan fingerprint density at radius 2 is 2.12 bits per heavy atom. The minimum absolute atomic E-state index is 0.215. The molecule has 2 heteroatoms. The highest BCUT2D eigenvalue weighted by Gasteiger charge is 2.30. The lowest BCUT2D eigenvalue weighted by molar-refractivity contribution is 0.0820. The maximum atomic E-state index is 12.5. The standard InChI is InChI=1S/C15H19ClO/c1-2-11-6-3-4-9-14(11)15(17)12-7-5-8-13(16)10-12/h5,7-8,10-11,14H,2-4,6,9H2,1H3. The highest BCUT2D eigenvalue weighted by Crippen LogP contribution is 2.34. The molecule has 0 aromatic heterocycles. The molecule has 0 bridgehead atoms. The summed E-state index contributed by atoms with van der Waals surface area (Å²) in [5.74, 6) is 1.07. The molecule has 1 aromatic carbocycles. The van der Waals surface area contributed by atoms with Crippen molar-refractivity contribution in [2.75, 3.05) is 0 Å². The Balaban J connectivity index is 2.18. The van der Waals surface area contributed by atoms with Crippen molar-refractivity contribution in [1.82, 2.24) is 0 Å². The third-order valence-corrected chi connectivity index (χ3v) is 4.11. The van der Waals surface area contributed by atoms with Crippen LogP contribution in [0.15, 0.2) is 24.3 Å². The predicted octanol–water partition coefficient (Wildman–Crippen LogP) is 4.74. The molecule has 2 atom stereocenters. The van der Waals surface area contributed by atoms with E-state index in [4.69, 9.17) is 11.6 Å². The Bertz CT molecular complexity index is 400. The first kappa shape index (κ1) is 12.6. The molecule has 1 aromatic rings. The summed E-state index contributed by atoms with van der Waals surface area (Å²) < 4.78 is 0. The number of hydrogen-bond donors (Lipinski definition) is 0. The molecule has 2 rings (SSSR count). The van der Waals surface area contributed by atoms with E-state index in [0.717, 1.165) is 18.4 Å². The molecule has 1 aliphatic rings. The molecule has 0 radical (unpaired) electrons. The van der Waals surface area contributed by atoms with Crippen LogP contribution in [0.3, 0.4) is 0 Å². The number of halogens is 1. The maximum Gasteiger partial charge on any atom is 0.166 e. The SMILES string of the molecule is CCC1CCCCC1C(=O)c1cccc(Cl)c1. The molecule has 0 heterocycles. The first-order valence-electron chi connectivity index (χ1n) is 6.52. The molecular formula is C15H19ClO. The summed E-state index contributed by atoms with van der Waals surface area (Å²) in [6.07, 6.45) is 5.82. The van der Waals surface area contributed by atoms with E-state index in [1.54, 1.807) is 6.07 Å². The maximum absolute atomic E-state index is 12.5. The quantitative estimate of drug-likeness (QED) is 0.709. The van der Waals surface area contributed by atoms with Crippen molar-refractivity contribution in [3.8, 4) is 0 Å². The third-order valence-electron chi connectivity index (χ3n) is 3.88. The van der Waals surface area contributed by atoms with Gasteiger partial charge >= 0.3 is 0 Å². The fourth-order valence-electron chi connectivity index (χ4n) is 2.90. The number of Topliss-reactive ketones (excluding diaryl/α,β-unsaturated/α-hetero) is 1. The average molecular weight is 251 g/mol. The topological polar surface area (TPSA) is 17.1 Å². The van der Waals surface area contributed by atoms with Crippen LogP contribution in [0.5, 0.6) is 0 Å². The van der Waals surface area contributed by atoms with Crippen LogP contribution in [-0.2, 0) is 0 Å². The fraction of sp³-hybridized carbons (Fsp3) is 0.533. The van der Waals surface area contributed by atoms with Crippen LogP contribution in [0, 0.1) is 11.8 Å². The molecule has 0 spiro atoms. The molecule has 92 valence electrons. The van der Waals surface area contributed by atoms with Crippen LogP contribution >= 0.6 is 11.6 Å². The first-order chi connectivity index (χ1) is 8.22. The highest BCUT2D eigenvalue weighted by molar-refractivity contribution is 6.31. The third kappa shape index (κ3) is 2.90. The van der Waals surface area contributed by atoms with Crippen molar-refractivity contribution in [1.29, 1.82) is 0 Å². The van der Waals surface area contributed by atoms with Crippen LogP contribution in [0.2, 0.25) is 5.02 Å². The van der Waals surface area contributed by atoms with E-state index in [1.165, 1.54) is 19.3 Å². The van der Waals surface area contributed by atoms with Gasteiger partial charge < -0.3 is 0 Å². The molecule has 0 amide bonds. The van der Waals surface area contributed by atoms with Gasteiger partial charge in [0.2, 0.25) is 0 Å². The normalized spacial score (nSPS) is 24.6. The molecule has 1 aliphatic carbocycles. The minimum atomic E-state index is 0.215. The predicted molar refractivity (Wildman–Crippen MR) is 71.5 cm³/mol. The van der Waals surface area contributed by atoms with Crippen molar-refractivity contribution >= 4 is 17.4 Å². The second-order valence-corrected chi connectivity index (χ2v) is 5.37. The van der Waals surface area contributed by atoms with Gasteiger partial charge in [0.15, 0.2) is 5.78 Å². The number of carbonyl (C=O) groups is 1. The van der Waals surface area contributed by atoms with Gasteiger partial charge in [0.1, 0.15) is 0 Å². The van der Waals surface area contributed by atoms with Crippen molar-refractivity contribution in [2.24, 2.45) is 11.8 Å². The number of carbonyl (C=O) groups excluding carboxylic acids is 1. The number of benzene rings is 1. The van der Waals surface area contributed by atoms with Gasteiger partial charge in [-0.05, 0) is 30.9 Å². The summed E-state index contributed by atoms with van der Waals surface area (Å²) in [4.78, 5) is 12.5. The van der Waals surface area contributed by atoms with Crippen LogP contribution in [0.4, 0.5) is 0 Å². The molecule has 1 nitrogen and oxygen atoms in total. The summed E-state index contributed by atoms with van der Waals surface area (Å²) in [6.45, 7) is 2.19. The van der Waals surface area contributed by atoms with Gasteiger partial charge in [-0.3, -0.25) is 4.79 Å². The summed E-state index contributed by atoms with van der Waals surface area (Å²) in [6, 6.07) is 7.36. The smallest absolute Gasteiger partial charge is 0.166 e. The summed E-state index contributed by atoms with van der Waals surface area (Å²) >= 11 is 5.95. The molecule has 2 unspecified atom stereocenters. The van der Waals surface area contributed by atoms with Gasteiger partial charge in [-0.15, -0.1) is 0 Å². The van der Waals surface area contributed by atoms with Gasteiger partial charge in [0.25, 0.3) is 0 Å². The van der Waals surface area contributed by atoms with Crippen molar-refractivity contribution in [2.45, 2.75) is 39.0 Å². The van der Waals surface area contributed by atoms with Gasteiger partial charge in [-0.25, -0.2) is 0 Å². The van der Waals surface area contributed by atoms with Crippen LogP contribution in [0.25, 0.3) is 0 Å². The van der Waals surface area contributed by atoms with E-state index in [2.05, 4.69) is 6.92 Å². The highest BCUT2D eigenvalue weighted by atomic mass is 35.5. The monoisotopic (exact) mass is 250 g/mol. The lowest BCUT2D eigenvalue weighted by atomic mass is 9.74. The molecule has 0 aliphatic heterocycles. The zero-order valence-electron chi connectivity index (χ0n) is 10.3. The van der Waals surface area contributed by atoms with E-state index in [0.29, 0.717) is 16.7 Å². The van der Waals surface area contributed by atoms with Gasteiger partial charge in [0.05, 0.1) is 0 Å². The average Bonchev–Trinajstić information content (AvgIpc) is 2.38. The molecule has 0 N–H and O–H groups in total. The minimum Gasteiger partial charge on any atom is -0.294 e. The Hall–Kier alpha value is -0.820. The fourth-order valence-corrected chi connectivity index (χ4v) is 3.09. The van der Waals surface area contributed by atoms with E-state index in [-0.39, 0.29) is 5.92 Å². The molecule has 17 heavy (non-hydrogen) atoms. The lowest BCUT2D eigenvalue weighted by Crippen LogP contribution is -2.26. The van der Waals surface area contributed by atoms with Crippen LogP contribution in [-0.4, -0.2) is 5.78 Å². The lowest BCUT2D eigenvalue weighted by Gasteiger charge is -2.29. The second kappa shape index (κ2) is 5.68. The van der Waals surface area contributed by atoms with Crippen molar-refractivity contribution < 1.29 is 4.79 Å². The Labute approximate surface area is 108 Å². The van der Waals surface area contributed by atoms with Gasteiger partial charge in [-0.2, -0.15) is 0 Å². The number of hydrogen-bond acceptors (Lipinski definition) is 1. The largest absolute Gasteiger partial charge is 0.294 e. The Morgan fingerprint density at radius 1 is 1.35 bits per heavy atom. The van der Waals surface area contributed by atoms with Gasteiger partial charge in [-0.1, -0.05) is 49.9 Å².